The molecular formula is C12H20N4S. The number of aromatic nitrogens is 2. The summed E-state index contributed by atoms with van der Waals surface area (Å²) in [5.74, 6) is 1.75. The summed E-state index contributed by atoms with van der Waals surface area (Å²) in [6, 6.07) is 0. The Kier molecular flexibility index (Phi) is 4.48. The molecule has 0 unspecified atom stereocenters. The molecule has 1 fully saturated rings. The van der Waals surface area contributed by atoms with Crippen LogP contribution in [-0.2, 0) is 0 Å². The van der Waals surface area contributed by atoms with Gasteiger partial charge in [-0.2, -0.15) is 0 Å². The fourth-order valence-electron chi connectivity index (χ4n) is 2.34. The van der Waals surface area contributed by atoms with Gasteiger partial charge >= 0.3 is 0 Å². The Bertz CT molecular complexity index is 380. The van der Waals surface area contributed by atoms with Crippen molar-refractivity contribution in [1.29, 1.82) is 0 Å². The van der Waals surface area contributed by atoms with Crippen LogP contribution in [0.5, 0.6) is 0 Å². The molecule has 1 saturated carbocycles. The predicted molar refractivity (Wildman–Crippen MR) is 71.7 cm³/mol. The number of aryl methyl sites for hydroxylation is 1. The summed E-state index contributed by atoms with van der Waals surface area (Å²) in [6.07, 6.45) is 6.87. The lowest BCUT2D eigenvalue weighted by atomic mass is 9.89. The molecule has 2 rings (SSSR count). The molecule has 1 aromatic rings. The summed E-state index contributed by atoms with van der Waals surface area (Å²) >= 11 is 1.41. The normalized spacial score (nSPS) is 18.4. The Balaban J connectivity index is 1.90. The SMILES string of the molecule is CN=C(NCC1CCCCC1)c1snnc1C. The van der Waals surface area contributed by atoms with E-state index in [-0.39, 0.29) is 0 Å². The highest BCUT2D eigenvalue weighted by Gasteiger charge is 2.15. The van der Waals surface area contributed by atoms with Crippen LogP contribution in [0, 0.1) is 12.8 Å². The third-order valence-corrected chi connectivity index (χ3v) is 4.21. The lowest BCUT2D eigenvalue weighted by Gasteiger charge is -2.22. The van der Waals surface area contributed by atoms with Crippen molar-refractivity contribution in [2.24, 2.45) is 10.9 Å². The summed E-state index contributed by atoms with van der Waals surface area (Å²) in [4.78, 5) is 5.38. The molecule has 1 heterocycles. The molecular weight excluding hydrogens is 232 g/mol. The maximum atomic E-state index is 4.31. The number of nitrogens with one attached hydrogen (secondary N) is 1. The lowest BCUT2D eigenvalue weighted by molar-refractivity contribution is 0.357. The molecule has 0 atom stereocenters. The van der Waals surface area contributed by atoms with Gasteiger partial charge in [-0.25, -0.2) is 0 Å². The van der Waals surface area contributed by atoms with Crippen molar-refractivity contribution in [1.82, 2.24) is 14.9 Å². The predicted octanol–water partition coefficient (Wildman–Crippen LogP) is 2.39. The molecule has 4 nitrogen and oxygen atoms in total. The van der Waals surface area contributed by atoms with Crippen molar-refractivity contribution in [2.45, 2.75) is 39.0 Å². The van der Waals surface area contributed by atoms with Gasteiger partial charge in [0.1, 0.15) is 10.7 Å². The molecule has 0 radical (unpaired) electrons. The van der Waals surface area contributed by atoms with E-state index >= 15 is 0 Å². The van der Waals surface area contributed by atoms with Gasteiger partial charge in [0.15, 0.2) is 0 Å². The van der Waals surface area contributed by atoms with Crippen molar-refractivity contribution in [3.05, 3.63) is 10.6 Å². The molecule has 0 amide bonds. The molecule has 0 spiro atoms. The Morgan fingerprint density at radius 2 is 2.18 bits per heavy atom. The van der Waals surface area contributed by atoms with Crippen molar-refractivity contribution in [2.75, 3.05) is 13.6 Å². The van der Waals surface area contributed by atoms with E-state index in [0.717, 1.165) is 28.9 Å². The van der Waals surface area contributed by atoms with Crippen molar-refractivity contribution in [3.63, 3.8) is 0 Å². The zero-order valence-corrected chi connectivity index (χ0v) is 11.4. The van der Waals surface area contributed by atoms with Crippen LogP contribution in [0.25, 0.3) is 0 Å². The van der Waals surface area contributed by atoms with E-state index in [1.165, 1.54) is 43.6 Å². The highest BCUT2D eigenvalue weighted by atomic mass is 32.1. The largest absolute Gasteiger partial charge is 0.369 e. The van der Waals surface area contributed by atoms with Crippen LogP contribution < -0.4 is 5.32 Å². The molecule has 0 saturated heterocycles. The van der Waals surface area contributed by atoms with Crippen LogP contribution in [0.4, 0.5) is 0 Å². The topological polar surface area (TPSA) is 50.2 Å². The van der Waals surface area contributed by atoms with E-state index in [2.05, 4.69) is 19.9 Å². The summed E-state index contributed by atoms with van der Waals surface area (Å²) < 4.78 is 3.96. The summed E-state index contributed by atoms with van der Waals surface area (Å²) in [5, 5.41) is 7.49. The van der Waals surface area contributed by atoms with E-state index in [0.29, 0.717) is 0 Å². The summed E-state index contributed by atoms with van der Waals surface area (Å²) in [7, 11) is 1.82. The Morgan fingerprint density at radius 3 is 2.76 bits per heavy atom. The van der Waals surface area contributed by atoms with Crippen molar-refractivity contribution in [3.8, 4) is 0 Å². The van der Waals surface area contributed by atoms with Gasteiger partial charge in [-0.15, -0.1) is 5.10 Å². The second-order valence-electron chi connectivity index (χ2n) is 4.64. The number of hydrogen-bond donors (Lipinski definition) is 1. The van der Waals surface area contributed by atoms with Gasteiger partial charge < -0.3 is 5.32 Å². The van der Waals surface area contributed by atoms with Crippen molar-refractivity contribution >= 4 is 17.4 Å². The third-order valence-electron chi connectivity index (χ3n) is 3.37. The van der Waals surface area contributed by atoms with Crippen LogP contribution in [0.3, 0.4) is 0 Å². The van der Waals surface area contributed by atoms with Crippen LogP contribution in [-0.4, -0.2) is 29.0 Å². The minimum absolute atomic E-state index is 0.807. The Hall–Kier alpha value is -0.970. The number of nitrogens with zero attached hydrogens (tertiary/aromatic N) is 3. The van der Waals surface area contributed by atoms with E-state index in [9.17, 15) is 0 Å². The van der Waals surface area contributed by atoms with Crippen molar-refractivity contribution < 1.29 is 0 Å². The second kappa shape index (κ2) is 6.10. The van der Waals surface area contributed by atoms with Gasteiger partial charge in [-0.05, 0) is 37.2 Å². The van der Waals surface area contributed by atoms with Crippen LogP contribution >= 0.6 is 11.5 Å². The molecule has 0 aliphatic heterocycles. The van der Waals surface area contributed by atoms with E-state index < -0.39 is 0 Å². The van der Waals surface area contributed by atoms with E-state index in [1.807, 2.05) is 14.0 Å². The van der Waals surface area contributed by atoms with Gasteiger partial charge in [-0.3, -0.25) is 4.99 Å². The van der Waals surface area contributed by atoms with Gasteiger partial charge in [0.25, 0.3) is 0 Å². The van der Waals surface area contributed by atoms with Crippen LogP contribution in [0.15, 0.2) is 4.99 Å². The summed E-state index contributed by atoms with van der Waals surface area (Å²) in [5.41, 5.74) is 0.965. The Labute approximate surface area is 107 Å². The molecule has 94 valence electrons. The first-order chi connectivity index (χ1) is 8.31. The lowest BCUT2D eigenvalue weighted by Crippen LogP contribution is -2.30. The minimum atomic E-state index is 0.807. The number of hydrogen-bond acceptors (Lipinski definition) is 4. The quantitative estimate of drug-likeness (QED) is 0.664. The fourth-order valence-corrected chi connectivity index (χ4v) is 3.01. The molecule has 1 aliphatic rings. The number of amidine groups is 1. The molecule has 0 bridgehead atoms. The highest BCUT2D eigenvalue weighted by Crippen LogP contribution is 2.23. The van der Waals surface area contributed by atoms with Crippen LogP contribution in [0.2, 0.25) is 0 Å². The first kappa shape index (κ1) is 12.5. The molecule has 5 heteroatoms. The fraction of sp³-hybridized carbons (Fsp3) is 0.750. The molecule has 1 aliphatic carbocycles. The molecule has 1 N–H and O–H groups in total. The first-order valence-corrected chi connectivity index (χ1v) is 7.08. The highest BCUT2D eigenvalue weighted by molar-refractivity contribution is 7.08. The first-order valence-electron chi connectivity index (χ1n) is 6.31. The molecule has 0 aromatic carbocycles. The minimum Gasteiger partial charge on any atom is -0.369 e. The summed E-state index contributed by atoms with van der Waals surface area (Å²) in [6.45, 7) is 3.01. The third kappa shape index (κ3) is 3.25. The second-order valence-corrected chi connectivity index (χ2v) is 5.40. The maximum absolute atomic E-state index is 4.31. The van der Waals surface area contributed by atoms with Crippen LogP contribution in [0.1, 0.15) is 42.7 Å². The number of aliphatic imine (C=N–C) groups is 1. The molecule has 1 aromatic heterocycles. The average molecular weight is 252 g/mol. The van der Waals surface area contributed by atoms with Gasteiger partial charge in [0.05, 0.1) is 5.69 Å². The van der Waals surface area contributed by atoms with Gasteiger partial charge in [-0.1, -0.05) is 23.8 Å². The maximum Gasteiger partial charge on any atom is 0.141 e. The van der Waals surface area contributed by atoms with Gasteiger partial charge in [0.2, 0.25) is 0 Å². The average Bonchev–Trinajstić information content (AvgIpc) is 2.78. The molecule has 17 heavy (non-hydrogen) atoms. The zero-order chi connectivity index (χ0) is 12.1. The Morgan fingerprint density at radius 1 is 1.41 bits per heavy atom. The van der Waals surface area contributed by atoms with Gasteiger partial charge in [0, 0.05) is 13.6 Å². The van der Waals surface area contributed by atoms with E-state index in [1.54, 1.807) is 0 Å². The monoisotopic (exact) mass is 252 g/mol. The van der Waals surface area contributed by atoms with E-state index in [4.69, 9.17) is 0 Å². The number of rotatable bonds is 3. The standard InChI is InChI=1S/C12H20N4S/c1-9-11(17-16-15-9)12(13-2)14-8-10-6-4-3-5-7-10/h10H,3-8H2,1-2H3,(H,13,14). The zero-order valence-electron chi connectivity index (χ0n) is 10.6. The smallest absolute Gasteiger partial charge is 0.141 e.